The average molecular weight is 438 g/mol. The van der Waals surface area contributed by atoms with E-state index in [0.717, 1.165) is 25.8 Å². The molecule has 0 unspecified atom stereocenters. The van der Waals surface area contributed by atoms with Crippen LogP contribution in [0.3, 0.4) is 0 Å². The van der Waals surface area contributed by atoms with Crippen molar-refractivity contribution >= 4 is 27.7 Å². The fourth-order valence-electron chi connectivity index (χ4n) is 4.86. The molecule has 1 heterocycles. The summed E-state index contributed by atoms with van der Waals surface area (Å²) in [6.45, 7) is 6.06. The minimum absolute atomic E-state index is 0.0594. The van der Waals surface area contributed by atoms with Gasteiger partial charge in [0.05, 0.1) is 16.5 Å². The van der Waals surface area contributed by atoms with E-state index in [1.165, 1.54) is 0 Å². The molecule has 148 valence electrons. The predicted molar refractivity (Wildman–Crippen MR) is 106 cm³/mol. The van der Waals surface area contributed by atoms with E-state index in [1.54, 1.807) is 6.92 Å². The summed E-state index contributed by atoms with van der Waals surface area (Å²) in [7, 11) is 0. The second-order valence-corrected chi connectivity index (χ2v) is 9.36. The molecule has 27 heavy (non-hydrogen) atoms. The third-order valence-corrected chi connectivity index (χ3v) is 7.68. The van der Waals surface area contributed by atoms with Crippen molar-refractivity contribution in [3.05, 3.63) is 11.6 Å². The highest BCUT2D eigenvalue weighted by Crippen LogP contribution is 2.59. The maximum Gasteiger partial charge on any atom is 0.316 e. The molecular formula is C21H28BrNO4. The summed E-state index contributed by atoms with van der Waals surface area (Å²) in [5.74, 6) is 5.69. The maximum atomic E-state index is 13.1. The summed E-state index contributed by atoms with van der Waals surface area (Å²) >= 11 is 3.82. The molecule has 3 aliphatic rings. The van der Waals surface area contributed by atoms with Crippen molar-refractivity contribution in [2.45, 2.75) is 62.3 Å². The molecule has 0 aromatic carbocycles. The second kappa shape index (κ2) is 7.69. The number of alkyl halides is 1. The predicted octanol–water partition coefficient (Wildman–Crippen LogP) is 2.60. The lowest BCUT2D eigenvalue weighted by Gasteiger charge is -2.62. The van der Waals surface area contributed by atoms with Crippen molar-refractivity contribution in [2.24, 2.45) is 5.41 Å². The van der Waals surface area contributed by atoms with Crippen LogP contribution in [0.1, 0.15) is 52.4 Å². The largest absolute Gasteiger partial charge is 0.465 e. The number of nitrogens with zero attached hydrogens (tertiary/aromatic N) is 1. The lowest BCUT2D eigenvalue weighted by Crippen LogP contribution is -2.75. The van der Waals surface area contributed by atoms with Gasteiger partial charge in [0.2, 0.25) is 0 Å². The number of carbonyl (C=O) groups excluding carboxylic acids is 2. The van der Waals surface area contributed by atoms with Gasteiger partial charge in [0, 0.05) is 25.9 Å². The first-order chi connectivity index (χ1) is 12.8. The van der Waals surface area contributed by atoms with E-state index in [0.29, 0.717) is 31.5 Å². The number of likely N-dealkylation sites (tertiary alicyclic amines) is 1. The van der Waals surface area contributed by atoms with Crippen molar-refractivity contribution in [1.29, 1.82) is 0 Å². The molecule has 1 N–H and O–H groups in total. The Labute approximate surface area is 169 Å². The Morgan fingerprint density at radius 2 is 2.15 bits per heavy atom. The SMILES string of the molecule is CCOC(=O)[C@]12CCC[C@](Br)(CN(CC)C1)[C@]2(O)CC#CC1=CCCC1=O. The lowest BCUT2D eigenvalue weighted by atomic mass is 9.54. The van der Waals surface area contributed by atoms with Crippen LogP contribution in [0.25, 0.3) is 0 Å². The molecular weight excluding hydrogens is 410 g/mol. The maximum absolute atomic E-state index is 13.1. The molecule has 0 aromatic heterocycles. The lowest BCUT2D eigenvalue weighted by molar-refractivity contribution is -0.206. The van der Waals surface area contributed by atoms with Gasteiger partial charge in [0.25, 0.3) is 0 Å². The van der Waals surface area contributed by atoms with E-state index < -0.39 is 15.3 Å². The number of aliphatic hydroxyl groups is 1. The van der Waals surface area contributed by atoms with E-state index in [-0.39, 0.29) is 24.8 Å². The molecule has 1 saturated heterocycles. The number of halogens is 1. The first kappa shape index (κ1) is 20.6. The zero-order valence-electron chi connectivity index (χ0n) is 16.1. The Morgan fingerprint density at radius 3 is 2.78 bits per heavy atom. The molecule has 0 aromatic rings. The van der Waals surface area contributed by atoms with Crippen LogP contribution >= 0.6 is 15.9 Å². The number of rotatable bonds is 4. The molecule has 3 rings (SSSR count). The van der Waals surface area contributed by atoms with Crippen molar-refractivity contribution in [1.82, 2.24) is 4.90 Å². The topological polar surface area (TPSA) is 66.8 Å². The molecule has 5 nitrogen and oxygen atoms in total. The first-order valence-corrected chi connectivity index (χ1v) is 10.6. The van der Waals surface area contributed by atoms with E-state index >= 15 is 0 Å². The quantitative estimate of drug-likeness (QED) is 0.415. The molecule has 0 spiro atoms. The van der Waals surface area contributed by atoms with Crippen molar-refractivity contribution in [3.63, 3.8) is 0 Å². The summed E-state index contributed by atoms with van der Waals surface area (Å²) in [4.78, 5) is 27.1. The number of hydrogen-bond donors (Lipinski definition) is 1. The Kier molecular flexibility index (Phi) is 5.86. The number of hydrogen-bond acceptors (Lipinski definition) is 5. The molecule has 1 aliphatic heterocycles. The Bertz CT molecular complexity index is 723. The van der Waals surface area contributed by atoms with E-state index in [1.807, 2.05) is 6.08 Å². The van der Waals surface area contributed by atoms with E-state index in [9.17, 15) is 14.7 Å². The molecule has 2 bridgehead atoms. The zero-order valence-corrected chi connectivity index (χ0v) is 17.7. The van der Waals surface area contributed by atoms with Crippen LogP contribution in [0.2, 0.25) is 0 Å². The van der Waals surface area contributed by atoms with Gasteiger partial charge in [-0.05, 0) is 32.7 Å². The van der Waals surface area contributed by atoms with Crippen LogP contribution in [0.4, 0.5) is 0 Å². The summed E-state index contributed by atoms with van der Waals surface area (Å²) < 4.78 is 4.80. The normalized spacial score (nSPS) is 36.0. The van der Waals surface area contributed by atoms with Gasteiger partial charge in [0.15, 0.2) is 5.78 Å². The highest BCUT2D eigenvalue weighted by molar-refractivity contribution is 9.10. The monoisotopic (exact) mass is 437 g/mol. The van der Waals surface area contributed by atoms with Crippen LogP contribution in [0.15, 0.2) is 11.6 Å². The van der Waals surface area contributed by atoms with Gasteiger partial charge in [-0.3, -0.25) is 9.59 Å². The van der Waals surface area contributed by atoms with Crippen LogP contribution in [-0.4, -0.2) is 57.9 Å². The summed E-state index contributed by atoms with van der Waals surface area (Å²) in [5.41, 5.74) is -1.82. The Balaban J connectivity index is 1.99. The van der Waals surface area contributed by atoms with E-state index in [2.05, 4.69) is 39.6 Å². The number of allylic oxidation sites excluding steroid dienone is 2. The minimum atomic E-state index is -1.34. The van der Waals surface area contributed by atoms with Crippen LogP contribution < -0.4 is 0 Å². The molecule has 0 radical (unpaired) electrons. The fraction of sp³-hybridized carbons (Fsp3) is 0.714. The van der Waals surface area contributed by atoms with Crippen LogP contribution in [0, 0.1) is 17.3 Å². The van der Waals surface area contributed by atoms with E-state index in [4.69, 9.17) is 4.74 Å². The number of ketones is 1. The number of piperidine rings is 1. The summed E-state index contributed by atoms with van der Waals surface area (Å²) in [6.07, 6.45) is 5.42. The third-order valence-electron chi connectivity index (χ3n) is 6.38. The summed E-state index contributed by atoms with van der Waals surface area (Å²) in [6, 6.07) is 0. The molecule has 0 amide bonds. The van der Waals surface area contributed by atoms with Gasteiger partial charge in [0.1, 0.15) is 11.0 Å². The number of ether oxygens (including phenoxy) is 1. The van der Waals surface area contributed by atoms with Gasteiger partial charge < -0.3 is 14.7 Å². The van der Waals surface area contributed by atoms with Crippen LogP contribution in [-0.2, 0) is 14.3 Å². The van der Waals surface area contributed by atoms with Gasteiger partial charge in [-0.15, -0.1) is 0 Å². The Hall–Kier alpha value is -1.16. The minimum Gasteiger partial charge on any atom is -0.465 e. The summed E-state index contributed by atoms with van der Waals surface area (Å²) in [5, 5.41) is 11.9. The molecule has 6 heteroatoms. The standard InChI is InChI=1S/C21H28BrNO4/c1-3-23-14-19(18(25)27-4-2)11-7-12-20(22,15-23)21(19,26)13-6-9-16-8-5-10-17(16)24/h8,26H,3-5,7,10-15H2,1-2H3/t19-,20-,21-/m0/s1. The first-order valence-electron chi connectivity index (χ1n) is 9.85. The molecule has 2 fully saturated rings. The number of carbonyl (C=O) groups is 2. The number of esters is 1. The van der Waals surface area contributed by atoms with Gasteiger partial charge >= 0.3 is 5.97 Å². The highest BCUT2D eigenvalue weighted by Gasteiger charge is 2.70. The third kappa shape index (κ3) is 3.28. The fourth-order valence-corrected chi connectivity index (χ4v) is 6.02. The number of fused-ring (bicyclic) bond motifs is 2. The molecule has 2 aliphatic carbocycles. The van der Waals surface area contributed by atoms with Gasteiger partial charge in [-0.25, -0.2) is 0 Å². The van der Waals surface area contributed by atoms with Gasteiger partial charge in [-0.1, -0.05) is 47.2 Å². The second-order valence-electron chi connectivity index (χ2n) is 7.84. The average Bonchev–Trinajstić information content (AvgIpc) is 3.02. The Morgan fingerprint density at radius 1 is 1.37 bits per heavy atom. The van der Waals surface area contributed by atoms with Crippen molar-refractivity contribution in [3.8, 4) is 11.8 Å². The molecule has 1 saturated carbocycles. The van der Waals surface area contributed by atoms with Crippen LogP contribution in [0.5, 0.6) is 0 Å². The number of Topliss-reactive ketones (excluding diaryl/α,β-unsaturated/α-hetero) is 1. The van der Waals surface area contributed by atoms with Gasteiger partial charge in [-0.2, -0.15) is 0 Å². The van der Waals surface area contributed by atoms with Crippen molar-refractivity contribution < 1.29 is 19.4 Å². The molecule has 3 atom stereocenters. The van der Waals surface area contributed by atoms with Crippen molar-refractivity contribution in [2.75, 3.05) is 26.2 Å². The zero-order chi connectivity index (χ0) is 19.7. The highest BCUT2D eigenvalue weighted by atomic mass is 79.9. The smallest absolute Gasteiger partial charge is 0.316 e.